The summed E-state index contributed by atoms with van der Waals surface area (Å²) >= 11 is 0. The Kier molecular flexibility index (Phi) is 6.05. The molecule has 5 nitrogen and oxygen atoms in total. The van der Waals surface area contributed by atoms with E-state index in [4.69, 9.17) is 13.9 Å². The predicted octanol–water partition coefficient (Wildman–Crippen LogP) is 3.10. The molecule has 0 fully saturated rings. The standard InChI is InChI=1S/C15H19NO4.ClH/c1-5-19-15(17)14-11-8-10(18-4)6-7-12(11)20-13(14)9-16(2)3;/h6-8H,5,9H2,1-4H3;1H. The highest BCUT2D eigenvalue weighted by Crippen LogP contribution is 2.30. The Morgan fingerprint density at radius 3 is 2.62 bits per heavy atom. The van der Waals surface area contributed by atoms with Crippen molar-refractivity contribution < 1.29 is 18.7 Å². The van der Waals surface area contributed by atoms with Gasteiger partial charge in [0.1, 0.15) is 22.7 Å². The van der Waals surface area contributed by atoms with Crippen LogP contribution in [0.25, 0.3) is 11.0 Å². The molecule has 0 N–H and O–H groups in total. The third-order valence-electron chi connectivity index (χ3n) is 2.91. The molecule has 2 aromatic rings. The molecule has 2 rings (SSSR count). The highest BCUT2D eigenvalue weighted by atomic mass is 35.5. The predicted molar refractivity (Wildman–Crippen MR) is 83.4 cm³/mol. The number of nitrogens with zero attached hydrogens (tertiary/aromatic N) is 1. The zero-order valence-corrected chi connectivity index (χ0v) is 13.5. The molecule has 1 aromatic heterocycles. The lowest BCUT2D eigenvalue weighted by atomic mass is 10.1. The quantitative estimate of drug-likeness (QED) is 0.794. The van der Waals surface area contributed by atoms with Gasteiger partial charge in [0.15, 0.2) is 0 Å². The number of rotatable bonds is 5. The summed E-state index contributed by atoms with van der Waals surface area (Å²) in [6.45, 7) is 2.65. The van der Waals surface area contributed by atoms with E-state index in [-0.39, 0.29) is 18.4 Å². The molecule has 0 amide bonds. The molecule has 0 atom stereocenters. The molecule has 0 unspecified atom stereocenters. The maximum Gasteiger partial charge on any atom is 0.342 e. The number of benzene rings is 1. The second-order valence-corrected chi connectivity index (χ2v) is 4.72. The summed E-state index contributed by atoms with van der Waals surface area (Å²) in [5, 5.41) is 0.722. The largest absolute Gasteiger partial charge is 0.497 e. The Bertz CT molecular complexity index is 621. The van der Waals surface area contributed by atoms with Crippen LogP contribution in [0.15, 0.2) is 22.6 Å². The number of carbonyl (C=O) groups is 1. The van der Waals surface area contributed by atoms with Crippen LogP contribution in [0.4, 0.5) is 0 Å². The number of ether oxygens (including phenoxy) is 2. The molecule has 21 heavy (non-hydrogen) atoms. The topological polar surface area (TPSA) is 51.9 Å². The van der Waals surface area contributed by atoms with Crippen LogP contribution in [-0.4, -0.2) is 38.7 Å². The minimum atomic E-state index is -0.364. The monoisotopic (exact) mass is 313 g/mol. The molecule has 0 radical (unpaired) electrons. The molecule has 116 valence electrons. The Morgan fingerprint density at radius 2 is 2.05 bits per heavy atom. The number of furan rings is 1. The average Bonchev–Trinajstić information content (AvgIpc) is 2.74. The van der Waals surface area contributed by atoms with Crippen LogP contribution >= 0.6 is 12.4 Å². The third-order valence-corrected chi connectivity index (χ3v) is 2.91. The number of hydrogen-bond acceptors (Lipinski definition) is 5. The second-order valence-electron chi connectivity index (χ2n) is 4.72. The fourth-order valence-corrected chi connectivity index (χ4v) is 2.08. The summed E-state index contributed by atoms with van der Waals surface area (Å²) in [4.78, 5) is 14.1. The maximum absolute atomic E-state index is 12.2. The Morgan fingerprint density at radius 1 is 1.33 bits per heavy atom. The number of methoxy groups -OCH3 is 1. The van der Waals surface area contributed by atoms with E-state index >= 15 is 0 Å². The number of halogens is 1. The Balaban J connectivity index is 0.00000220. The summed E-state index contributed by atoms with van der Waals surface area (Å²) in [5.41, 5.74) is 1.14. The summed E-state index contributed by atoms with van der Waals surface area (Å²) in [6.07, 6.45) is 0. The molecular weight excluding hydrogens is 294 g/mol. The summed E-state index contributed by atoms with van der Waals surface area (Å²) in [5.74, 6) is 0.924. The van der Waals surface area contributed by atoms with E-state index in [1.54, 1.807) is 32.2 Å². The van der Waals surface area contributed by atoms with Gasteiger partial charge in [-0.2, -0.15) is 0 Å². The highest BCUT2D eigenvalue weighted by molar-refractivity contribution is 6.05. The SMILES string of the molecule is CCOC(=O)c1c(CN(C)C)oc2ccc(OC)cc12.Cl. The van der Waals surface area contributed by atoms with Crippen LogP contribution in [0.1, 0.15) is 23.0 Å². The van der Waals surface area contributed by atoms with Crippen LogP contribution in [0.3, 0.4) is 0 Å². The molecule has 0 aliphatic rings. The van der Waals surface area contributed by atoms with Crippen molar-refractivity contribution in [2.24, 2.45) is 0 Å². The summed E-state index contributed by atoms with van der Waals surface area (Å²) < 4.78 is 16.1. The van der Waals surface area contributed by atoms with Crippen molar-refractivity contribution in [3.05, 3.63) is 29.5 Å². The first-order chi connectivity index (χ1) is 9.56. The van der Waals surface area contributed by atoms with Crippen molar-refractivity contribution in [2.75, 3.05) is 27.8 Å². The second kappa shape index (κ2) is 7.33. The van der Waals surface area contributed by atoms with Gasteiger partial charge >= 0.3 is 5.97 Å². The molecule has 0 bridgehead atoms. The van der Waals surface area contributed by atoms with Crippen LogP contribution in [0, 0.1) is 0 Å². The molecule has 0 spiro atoms. The van der Waals surface area contributed by atoms with Gasteiger partial charge < -0.3 is 18.8 Å². The van der Waals surface area contributed by atoms with Crippen molar-refractivity contribution in [1.82, 2.24) is 4.90 Å². The number of carbonyl (C=O) groups excluding carboxylic acids is 1. The van der Waals surface area contributed by atoms with Crippen LogP contribution in [0.2, 0.25) is 0 Å². The lowest BCUT2D eigenvalue weighted by Crippen LogP contribution is -2.14. The van der Waals surface area contributed by atoms with Gasteiger partial charge in [-0.1, -0.05) is 0 Å². The number of hydrogen-bond donors (Lipinski definition) is 0. The van der Waals surface area contributed by atoms with Crippen molar-refractivity contribution in [3.8, 4) is 5.75 Å². The van der Waals surface area contributed by atoms with E-state index in [2.05, 4.69) is 0 Å². The van der Waals surface area contributed by atoms with Crippen LogP contribution in [-0.2, 0) is 11.3 Å². The molecule has 6 heteroatoms. The normalized spacial score (nSPS) is 10.5. The lowest BCUT2D eigenvalue weighted by Gasteiger charge is -2.08. The van der Waals surface area contributed by atoms with E-state index in [1.165, 1.54) is 0 Å². The van der Waals surface area contributed by atoms with Crippen molar-refractivity contribution in [2.45, 2.75) is 13.5 Å². The maximum atomic E-state index is 12.2. The molecule has 0 saturated heterocycles. The zero-order valence-electron chi connectivity index (χ0n) is 12.6. The smallest absolute Gasteiger partial charge is 0.342 e. The first-order valence-electron chi connectivity index (χ1n) is 6.48. The first kappa shape index (κ1) is 17.3. The molecule has 1 heterocycles. The average molecular weight is 314 g/mol. The zero-order chi connectivity index (χ0) is 14.7. The molecule has 1 aromatic carbocycles. The third kappa shape index (κ3) is 3.68. The van der Waals surface area contributed by atoms with Gasteiger partial charge in [0, 0.05) is 5.39 Å². The fourth-order valence-electron chi connectivity index (χ4n) is 2.08. The van der Waals surface area contributed by atoms with Gasteiger partial charge in [-0.3, -0.25) is 0 Å². The van der Waals surface area contributed by atoms with Crippen molar-refractivity contribution in [3.63, 3.8) is 0 Å². The first-order valence-corrected chi connectivity index (χ1v) is 6.48. The number of esters is 1. The van der Waals surface area contributed by atoms with Gasteiger partial charge in [0.2, 0.25) is 0 Å². The molecule has 0 aliphatic carbocycles. The van der Waals surface area contributed by atoms with E-state index in [1.807, 2.05) is 19.0 Å². The summed E-state index contributed by atoms with van der Waals surface area (Å²) in [7, 11) is 5.43. The van der Waals surface area contributed by atoms with Gasteiger partial charge in [0.25, 0.3) is 0 Å². The minimum Gasteiger partial charge on any atom is -0.497 e. The molecule has 0 saturated carbocycles. The Hall–Kier alpha value is -1.72. The van der Waals surface area contributed by atoms with Crippen molar-refractivity contribution in [1.29, 1.82) is 0 Å². The van der Waals surface area contributed by atoms with Gasteiger partial charge in [-0.05, 0) is 39.2 Å². The highest BCUT2D eigenvalue weighted by Gasteiger charge is 2.22. The van der Waals surface area contributed by atoms with Crippen molar-refractivity contribution >= 4 is 29.3 Å². The Labute approximate surface area is 130 Å². The van der Waals surface area contributed by atoms with Crippen LogP contribution in [0.5, 0.6) is 5.75 Å². The fraction of sp³-hybridized carbons (Fsp3) is 0.400. The van der Waals surface area contributed by atoms with Gasteiger partial charge in [-0.15, -0.1) is 12.4 Å². The van der Waals surface area contributed by atoms with E-state index in [9.17, 15) is 4.79 Å². The van der Waals surface area contributed by atoms with Gasteiger partial charge in [0.05, 0.1) is 20.3 Å². The van der Waals surface area contributed by atoms with E-state index < -0.39 is 0 Å². The van der Waals surface area contributed by atoms with Gasteiger partial charge in [-0.25, -0.2) is 4.79 Å². The molecular formula is C15H20ClNO4. The number of fused-ring (bicyclic) bond motifs is 1. The van der Waals surface area contributed by atoms with E-state index in [0.717, 1.165) is 5.39 Å². The minimum absolute atomic E-state index is 0. The summed E-state index contributed by atoms with van der Waals surface area (Å²) in [6, 6.07) is 5.40. The van der Waals surface area contributed by atoms with E-state index in [0.29, 0.717) is 35.8 Å². The molecule has 0 aliphatic heterocycles. The lowest BCUT2D eigenvalue weighted by molar-refractivity contribution is 0.0524. The van der Waals surface area contributed by atoms with Crippen LogP contribution < -0.4 is 4.74 Å².